The molecule has 3 aromatic rings. The van der Waals surface area contributed by atoms with Gasteiger partial charge in [0, 0.05) is 41.3 Å². The molecule has 190 valence electrons. The lowest BCUT2D eigenvalue weighted by molar-refractivity contribution is -0.137. The minimum atomic E-state index is -4.60. The Morgan fingerprint density at radius 1 is 1.20 bits per heavy atom. The van der Waals surface area contributed by atoms with Crippen LogP contribution in [0.5, 0.6) is 0 Å². The number of halogens is 3. The molecule has 2 atom stereocenters. The van der Waals surface area contributed by atoms with Crippen LogP contribution in [0.1, 0.15) is 51.2 Å². The van der Waals surface area contributed by atoms with Crippen molar-refractivity contribution in [1.29, 1.82) is 0 Å². The second kappa shape index (κ2) is 11.3. The minimum Gasteiger partial charge on any atom is -0.324 e. The van der Waals surface area contributed by atoms with Crippen LogP contribution in [0.3, 0.4) is 0 Å². The average Bonchev–Trinajstić information content (AvgIpc) is 3.23. The van der Waals surface area contributed by atoms with Crippen molar-refractivity contribution in [2.24, 2.45) is 18.9 Å². The Morgan fingerprint density at radius 3 is 2.51 bits per heavy atom. The van der Waals surface area contributed by atoms with E-state index in [2.05, 4.69) is 41.2 Å². The molecule has 0 bridgehead atoms. The second-order valence-corrected chi connectivity index (χ2v) is 10.6. The number of nitrogens with zero attached hydrogens (tertiary/aromatic N) is 4. The van der Waals surface area contributed by atoms with Gasteiger partial charge in [0.15, 0.2) is 0 Å². The molecule has 1 aromatic carbocycles. The zero-order chi connectivity index (χ0) is 25.8. The first-order chi connectivity index (χ1) is 16.5. The molecule has 0 saturated heterocycles. The number of aryl methyl sites for hydroxylation is 2. The lowest BCUT2D eigenvalue weighted by Crippen LogP contribution is -2.11. The normalized spacial score (nSPS) is 13.7. The van der Waals surface area contributed by atoms with Gasteiger partial charge >= 0.3 is 6.18 Å². The van der Waals surface area contributed by atoms with Crippen LogP contribution in [0.25, 0.3) is 11.3 Å². The van der Waals surface area contributed by atoms with E-state index in [1.54, 1.807) is 19.2 Å². The first kappa shape index (κ1) is 26.8. The lowest BCUT2D eigenvalue weighted by Gasteiger charge is -2.18. The van der Waals surface area contributed by atoms with Gasteiger partial charge < -0.3 is 5.32 Å². The molecule has 0 spiro atoms. The van der Waals surface area contributed by atoms with Crippen LogP contribution in [0.4, 0.5) is 24.8 Å². The van der Waals surface area contributed by atoms with E-state index in [0.717, 1.165) is 35.9 Å². The Bertz CT molecular complexity index is 1180. The fourth-order valence-corrected chi connectivity index (χ4v) is 5.25. The molecule has 1 N–H and O–H groups in total. The Morgan fingerprint density at radius 2 is 1.94 bits per heavy atom. The van der Waals surface area contributed by atoms with Gasteiger partial charge in [-0.3, -0.25) is 8.89 Å². The highest BCUT2D eigenvalue weighted by atomic mass is 32.2. The molecule has 2 heterocycles. The molecule has 0 radical (unpaired) electrons. The van der Waals surface area contributed by atoms with Gasteiger partial charge in [-0.25, -0.2) is 9.97 Å². The predicted octanol–water partition coefficient (Wildman–Crippen LogP) is 6.52. The zero-order valence-corrected chi connectivity index (χ0v) is 21.5. The number of nitrogens with one attached hydrogen (secondary N) is 1. The van der Waals surface area contributed by atoms with Crippen LogP contribution < -0.4 is 5.32 Å². The summed E-state index contributed by atoms with van der Waals surface area (Å²) in [6.07, 6.45) is 2.07. The van der Waals surface area contributed by atoms with Gasteiger partial charge in [-0.1, -0.05) is 27.2 Å². The van der Waals surface area contributed by atoms with Gasteiger partial charge in [-0.2, -0.15) is 18.3 Å². The third-order valence-electron chi connectivity index (χ3n) is 6.15. The Balaban J connectivity index is 1.76. The SMILES string of the molecule is CCC(CCCS(=O)c1ccc(Nc2ncc(C(F)(F)F)c(-c3cnn(C)c3)n2)c(C)c1)C(C)C. The summed E-state index contributed by atoms with van der Waals surface area (Å²) in [7, 11) is 0.511. The van der Waals surface area contributed by atoms with Crippen molar-refractivity contribution < 1.29 is 17.4 Å². The molecule has 0 fully saturated rings. The van der Waals surface area contributed by atoms with Crippen molar-refractivity contribution in [3.63, 3.8) is 0 Å². The molecular formula is C25H32F3N5OS. The zero-order valence-electron chi connectivity index (χ0n) is 20.7. The number of rotatable bonds is 10. The first-order valence-corrected chi connectivity index (χ1v) is 13.0. The van der Waals surface area contributed by atoms with Gasteiger partial charge in [0.1, 0.15) is 5.56 Å². The van der Waals surface area contributed by atoms with Crippen LogP contribution in [-0.2, 0) is 24.0 Å². The molecule has 10 heteroatoms. The Hall–Kier alpha value is -2.75. The van der Waals surface area contributed by atoms with Gasteiger partial charge in [0.2, 0.25) is 5.95 Å². The summed E-state index contributed by atoms with van der Waals surface area (Å²) in [5, 5.41) is 6.95. The van der Waals surface area contributed by atoms with Gasteiger partial charge in [-0.15, -0.1) is 0 Å². The molecular weight excluding hydrogens is 475 g/mol. The highest BCUT2D eigenvalue weighted by Crippen LogP contribution is 2.36. The molecule has 3 rings (SSSR count). The molecule has 2 aromatic heterocycles. The van der Waals surface area contributed by atoms with E-state index in [9.17, 15) is 17.4 Å². The van der Waals surface area contributed by atoms with Crippen molar-refractivity contribution >= 4 is 22.4 Å². The number of benzene rings is 1. The maximum Gasteiger partial charge on any atom is 0.419 e. The van der Waals surface area contributed by atoms with E-state index < -0.39 is 22.5 Å². The molecule has 0 amide bonds. The molecule has 2 unspecified atom stereocenters. The third kappa shape index (κ3) is 6.90. The highest BCUT2D eigenvalue weighted by Gasteiger charge is 2.35. The Labute approximate surface area is 206 Å². The molecule has 0 aliphatic heterocycles. The van der Waals surface area contributed by atoms with E-state index in [1.807, 2.05) is 13.0 Å². The molecule has 0 aliphatic rings. The monoisotopic (exact) mass is 507 g/mol. The summed E-state index contributed by atoms with van der Waals surface area (Å²) in [4.78, 5) is 8.75. The molecule has 35 heavy (non-hydrogen) atoms. The van der Waals surface area contributed by atoms with Gasteiger partial charge in [-0.05, 0) is 55.4 Å². The second-order valence-electron chi connectivity index (χ2n) is 9.06. The summed E-state index contributed by atoms with van der Waals surface area (Å²) in [5.74, 6) is 1.90. The van der Waals surface area contributed by atoms with Gasteiger partial charge in [0.25, 0.3) is 0 Å². The van der Waals surface area contributed by atoms with E-state index in [-0.39, 0.29) is 17.2 Å². The maximum atomic E-state index is 13.5. The average molecular weight is 508 g/mol. The van der Waals surface area contributed by atoms with Crippen LogP contribution in [-0.4, -0.2) is 29.7 Å². The summed E-state index contributed by atoms with van der Waals surface area (Å²) in [6.45, 7) is 8.48. The van der Waals surface area contributed by atoms with E-state index in [1.165, 1.54) is 17.1 Å². The summed E-state index contributed by atoms with van der Waals surface area (Å²) < 4.78 is 54.8. The minimum absolute atomic E-state index is 0.0353. The summed E-state index contributed by atoms with van der Waals surface area (Å²) in [5.41, 5.74) is 0.506. The number of hydrogen-bond donors (Lipinski definition) is 1. The number of hydrogen-bond acceptors (Lipinski definition) is 5. The van der Waals surface area contributed by atoms with Crippen molar-refractivity contribution in [2.45, 2.75) is 58.0 Å². The van der Waals surface area contributed by atoms with E-state index in [4.69, 9.17) is 0 Å². The van der Waals surface area contributed by atoms with Crippen LogP contribution in [0.15, 0.2) is 41.7 Å². The fraction of sp³-hybridized carbons (Fsp3) is 0.480. The fourth-order valence-electron chi connectivity index (χ4n) is 4.05. The highest BCUT2D eigenvalue weighted by molar-refractivity contribution is 7.85. The van der Waals surface area contributed by atoms with Crippen molar-refractivity contribution in [3.8, 4) is 11.3 Å². The first-order valence-electron chi connectivity index (χ1n) is 11.7. The standard InChI is InChI=1S/C25H32F3N5OS/c1-6-18(16(2)3)8-7-11-35(34)20-9-10-22(17(4)12-20)31-24-29-14-21(25(26,27)28)23(32-24)19-13-30-33(5)15-19/h9-10,12-16,18H,6-8,11H2,1-5H3,(H,29,31,32). The third-order valence-corrected chi connectivity index (χ3v) is 7.59. The van der Waals surface area contributed by atoms with E-state index in [0.29, 0.717) is 23.3 Å². The topological polar surface area (TPSA) is 72.7 Å². The smallest absolute Gasteiger partial charge is 0.324 e. The number of aromatic nitrogens is 4. The molecule has 0 aliphatic carbocycles. The molecule has 6 nitrogen and oxygen atoms in total. The number of alkyl halides is 3. The van der Waals surface area contributed by atoms with Crippen LogP contribution in [0.2, 0.25) is 0 Å². The maximum absolute atomic E-state index is 13.5. The van der Waals surface area contributed by atoms with Crippen LogP contribution in [0, 0.1) is 18.8 Å². The van der Waals surface area contributed by atoms with Crippen molar-refractivity contribution in [3.05, 3.63) is 47.9 Å². The summed E-state index contributed by atoms with van der Waals surface area (Å²) >= 11 is 0. The lowest BCUT2D eigenvalue weighted by atomic mass is 9.89. The quantitative estimate of drug-likeness (QED) is 0.338. The van der Waals surface area contributed by atoms with E-state index >= 15 is 0 Å². The van der Waals surface area contributed by atoms with Crippen molar-refractivity contribution in [2.75, 3.05) is 11.1 Å². The largest absolute Gasteiger partial charge is 0.419 e. The van der Waals surface area contributed by atoms with Crippen molar-refractivity contribution in [1.82, 2.24) is 19.7 Å². The Kier molecular flexibility index (Phi) is 8.69. The number of anilines is 2. The van der Waals surface area contributed by atoms with Crippen LogP contribution >= 0.6 is 0 Å². The van der Waals surface area contributed by atoms with Gasteiger partial charge in [0.05, 0.1) is 22.7 Å². The predicted molar refractivity (Wildman–Crippen MR) is 133 cm³/mol. The molecule has 0 saturated carbocycles. The summed E-state index contributed by atoms with van der Waals surface area (Å²) in [6, 6.07) is 5.37.